The number of nitrogens with one attached hydrogen (secondary N) is 3. The van der Waals surface area contributed by atoms with Crippen molar-refractivity contribution in [3.63, 3.8) is 0 Å². The molecule has 0 fully saturated rings. The highest BCUT2D eigenvalue weighted by Crippen LogP contribution is 2.19. The number of hydrogen-bond donors (Lipinski definition) is 3. The summed E-state index contributed by atoms with van der Waals surface area (Å²) in [6.07, 6.45) is 2.68. The summed E-state index contributed by atoms with van der Waals surface area (Å²) in [6.45, 7) is 4.31. The Morgan fingerprint density at radius 1 is 1.07 bits per heavy atom. The molecule has 1 heterocycles. The number of benzene rings is 2. The summed E-state index contributed by atoms with van der Waals surface area (Å²) >= 11 is 0. The maximum atomic E-state index is 12.7. The molecule has 2 aromatic carbocycles. The van der Waals surface area contributed by atoms with Gasteiger partial charge in [0, 0.05) is 23.6 Å². The summed E-state index contributed by atoms with van der Waals surface area (Å²) in [6, 6.07) is 14.4. The van der Waals surface area contributed by atoms with Crippen LogP contribution >= 0.6 is 0 Å². The van der Waals surface area contributed by atoms with Gasteiger partial charge in [0.05, 0.1) is 12.7 Å². The summed E-state index contributed by atoms with van der Waals surface area (Å²) in [5.41, 5.74) is 2.64. The van der Waals surface area contributed by atoms with Crippen LogP contribution in [0.25, 0.3) is 10.9 Å². The molecule has 3 rings (SSSR count). The summed E-state index contributed by atoms with van der Waals surface area (Å²) in [4.78, 5) is 28.6. The number of hydrogen-bond acceptors (Lipinski definition) is 3. The Hall–Kier alpha value is -3.28. The van der Waals surface area contributed by atoms with Gasteiger partial charge in [0.1, 0.15) is 11.8 Å². The van der Waals surface area contributed by atoms with Gasteiger partial charge in [-0.2, -0.15) is 0 Å². The highest BCUT2D eigenvalue weighted by atomic mass is 16.5. The van der Waals surface area contributed by atoms with Crippen molar-refractivity contribution in [1.82, 2.24) is 15.6 Å². The third kappa shape index (κ3) is 4.77. The average molecular weight is 393 g/mol. The van der Waals surface area contributed by atoms with Gasteiger partial charge in [-0.05, 0) is 36.1 Å². The van der Waals surface area contributed by atoms with Crippen LogP contribution in [-0.4, -0.2) is 36.5 Å². The molecule has 3 N–H and O–H groups in total. The molecule has 0 saturated carbocycles. The molecule has 0 aliphatic rings. The molecule has 0 aliphatic heterocycles. The predicted octanol–water partition coefficient (Wildman–Crippen LogP) is 3.29. The Balaban J connectivity index is 1.61. The second-order valence-electron chi connectivity index (χ2n) is 7.30. The minimum absolute atomic E-state index is 0.0539. The van der Waals surface area contributed by atoms with E-state index >= 15 is 0 Å². The van der Waals surface area contributed by atoms with Crippen LogP contribution in [0.15, 0.2) is 54.7 Å². The number of rotatable bonds is 8. The first-order valence-electron chi connectivity index (χ1n) is 9.78. The Bertz CT molecular complexity index is 994. The van der Waals surface area contributed by atoms with E-state index < -0.39 is 6.04 Å². The molecule has 3 aromatic rings. The first-order chi connectivity index (χ1) is 14.0. The average Bonchev–Trinajstić information content (AvgIpc) is 3.14. The molecule has 0 bridgehead atoms. The fraction of sp³-hybridized carbons (Fsp3) is 0.304. The zero-order valence-corrected chi connectivity index (χ0v) is 17.0. The summed E-state index contributed by atoms with van der Waals surface area (Å²) in [5.74, 6) is -0.0926. The SMILES string of the molecule is COc1ccccc1C(=O)NC(C(=O)NCCc1c[nH]c2ccccc12)C(C)C. The van der Waals surface area contributed by atoms with Gasteiger partial charge in [0.15, 0.2) is 0 Å². The molecular formula is C23H27N3O3. The fourth-order valence-corrected chi connectivity index (χ4v) is 3.35. The standard InChI is InChI=1S/C23H27N3O3/c1-15(2)21(26-22(27)18-9-5-7-11-20(18)29-3)23(28)24-13-12-16-14-25-19-10-6-4-8-17(16)19/h4-11,14-15,21,25H,12-13H2,1-3H3,(H,24,28)(H,26,27). The van der Waals surface area contributed by atoms with Gasteiger partial charge < -0.3 is 20.4 Å². The summed E-state index contributed by atoms with van der Waals surface area (Å²) in [5, 5.41) is 6.96. The largest absolute Gasteiger partial charge is 0.496 e. The Morgan fingerprint density at radius 2 is 1.79 bits per heavy atom. The van der Waals surface area contributed by atoms with Crippen molar-refractivity contribution >= 4 is 22.7 Å². The molecule has 1 unspecified atom stereocenters. The number of amides is 2. The Kier molecular flexibility index (Phi) is 6.54. The van der Waals surface area contributed by atoms with Crippen LogP contribution in [0.2, 0.25) is 0 Å². The smallest absolute Gasteiger partial charge is 0.255 e. The molecule has 0 aliphatic carbocycles. The first kappa shape index (κ1) is 20.5. The van der Waals surface area contributed by atoms with Crippen LogP contribution in [0.3, 0.4) is 0 Å². The maximum absolute atomic E-state index is 12.7. The minimum Gasteiger partial charge on any atom is -0.496 e. The second kappa shape index (κ2) is 9.28. The molecule has 6 nitrogen and oxygen atoms in total. The van der Waals surface area contributed by atoms with Gasteiger partial charge in [-0.1, -0.05) is 44.2 Å². The van der Waals surface area contributed by atoms with Crippen LogP contribution in [0.5, 0.6) is 5.75 Å². The van der Waals surface area contributed by atoms with Gasteiger partial charge in [0.25, 0.3) is 5.91 Å². The van der Waals surface area contributed by atoms with Crippen molar-refractivity contribution in [3.8, 4) is 5.75 Å². The van der Waals surface area contributed by atoms with Gasteiger partial charge in [-0.15, -0.1) is 0 Å². The zero-order chi connectivity index (χ0) is 20.8. The van der Waals surface area contributed by atoms with E-state index in [2.05, 4.69) is 21.7 Å². The number of aromatic nitrogens is 1. The van der Waals surface area contributed by atoms with Crippen LogP contribution in [0.4, 0.5) is 0 Å². The number of para-hydroxylation sites is 2. The highest BCUT2D eigenvalue weighted by molar-refractivity contribution is 5.99. The van der Waals surface area contributed by atoms with E-state index in [1.165, 1.54) is 7.11 Å². The molecule has 2 amide bonds. The third-order valence-corrected chi connectivity index (χ3v) is 4.96. The van der Waals surface area contributed by atoms with E-state index in [0.717, 1.165) is 16.5 Å². The quantitative estimate of drug-likeness (QED) is 0.549. The van der Waals surface area contributed by atoms with E-state index in [1.54, 1.807) is 24.3 Å². The van der Waals surface area contributed by atoms with Gasteiger partial charge in [-0.3, -0.25) is 9.59 Å². The number of carbonyl (C=O) groups is 2. The monoisotopic (exact) mass is 393 g/mol. The van der Waals surface area contributed by atoms with Crippen LogP contribution < -0.4 is 15.4 Å². The highest BCUT2D eigenvalue weighted by Gasteiger charge is 2.25. The lowest BCUT2D eigenvalue weighted by Crippen LogP contribution is -2.50. The number of carbonyl (C=O) groups excluding carboxylic acids is 2. The second-order valence-corrected chi connectivity index (χ2v) is 7.30. The molecule has 6 heteroatoms. The zero-order valence-electron chi connectivity index (χ0n) is 17.0. The summed E-state index contributed by atoms with van der Waals surface area (Å²) < 4.78 is 5.25. The molecular weight excluding hydrogens is 366 g/mol. The van der Waals surface area contributed by atoms with Gasteiger partial charge >= 0.3 is 0 Å². The van der Waals surface area contributed by atoms with Gasteiger partial charge in [-0.25, -0.2) is 0 Å². The maximum Gasteiger partial charge on any atom is 0.255 e. The van der Waals surface area contributed by atoms with E-state index in [-0.39, 0.29) is 17.7 Å². The fourth-order valence-electron chi connectivity index (χ4n) is 3.35. The van der Waals surface area contributed by atoms with Crippen LogP contribution in [-0.2, 0) is 11.2 Å². The van der Waals surface area contributed by atoms with E-state index in [4.69, 9.17) is 4.74 Å². The van der Waals surface area contributed by atoms with Crippen molar-refractivity contribution in [1.29, 1.82) is 0 Å². The number of methoxy groups -OCH3 is 1. The van der Waals surface area contributed by atoms with E-state index in [9.17, 15) is 9.59 Å². The van der Waals surface area contributed by atoms with Crippen molar-refractivity contribution in [2.24, 2.45) is 5.92 Å². The number of fused-ring (bicyclic) bond motifs is 1. The molecule has 152 valence electrons. The van der Waals surface area contributed by atoms with E-state index in [0.29, 0.717) is 24.3 Å². The topological polar surface area (TPSA) is 83.2 Å². The lowest BCUT2D eigenvalue weighted by molar-refractivity contribution is -0.123. The normalized spacial score (nSPS) is 12.0. The molecule has 1 aromatic heterocycles. The molecule has 0 saturated heterocycles. The number of aromatic amines is 1. The molecule has 1 atom stereocenters. The third-order valence-electron chi connectivity index (χ3n) is 4.96. The summed E-state index contributed by atoms with van der Waals surface area (Å²) in [7, 11) is 1.52. The van der Waals surface area contributed by atoms with Crippen molar-refractivity contribution in [2.45, 2.75) is 26.3 Å². The predicted molar refractivity (Wildman–Crippen MR) is 114 cm³/mol. The van der Waals surface area contributed by atoms with Crippen molar-refractivity contribution in [3.05, 3.63) is 65.9 Å². The first-order valence-corrected chi connectivity index (χ1v) is 9.78. The van der Waals surface area contributed by atoms with Crippen LogP contribution in [0.1, 0.15) is 29.8 Å². The number of H-pyrrole nitrogens is 1. The molecule has 0 spiro atoms. The minimum atomic E-state index is -0.629. The van der Waals surface area contributed by atoms with Gasteiger partial charge in [0.2, 0.25) is 5.91 Å². The van der Waals surface area contributed by atoms with Crippen molar-refractivity contribution in [2.75, 3.05) is 13.7 Å². The number of ether oxygens (including phenoxy) is 1. The lowest BCUT2D eigenvalue weighted by atomic mass is 10.0. The Labute approximate surface area is 170 Å². The van der Waals surface area contributed by atoms with Crippen molar-refractivity contribution < 1.29 is 14.3 Å². The lowest BCUT2D eigenvalue weighted by Gasteiger charge is -2.22. The molecule has 0 radical (unpaired) electrons. The van der Waals surface area contributed by atoms with Crippen LogP contribution in [0, 0.1) is 5.92 Å². The van der Waals surface area contributed by atoms with E-state index in [1.807, 2.05) is 38.2 Å². The molecule has 29 heavy (non-hydrogen) atoms. The Morgan fingerprint density at radius 3 is 2.55 bits per heavy atom.